The van der Waals surface area contributed by atoms with Crippen LogP contribution in [0.25, 0.3) is 0 Å². The van der Waals surface area contributed by atoms with Gasteiger partial charge in [-0.15, -0.1) is 0 Å². The normalized spacial score (nSPS) is 18.7. The number of carbonyl (C=O) groups excluding carboxylic acids is 3. The summed E-state index contributed by atoms with van der Waals surface area (Å²) in [5.74, 6) is -1.26. The summed E-state index contributed by atoms with van der Waals surface area (Å²) >= 11 is 0. The molecule has 284 valence electrons. The van der Waals surface area contributed by atoms with Crippen LogP contribution >= 0.6 is 0 Å². The fourth-order valence-corrected chi connectivity index (χ4v) is 8.91. The van der Waals surface area contributed by atoms with Gasteiger partial charge in [0.25, 0.3) is 5.91 Å². The fourth-order valence-electron chi connectivity index (χ4n) is 6.30. The number of hydrogen-bond donors (Lipinski definition) is 2. The molecule has 0 bridgehead atoms. The highest BCUT2D eigenvalue weighted by atomic mass is 32.2. The number of benzene rings is 2. The van der Waals surface area contributed by atoms with E-state index >= 15 is 0 Å². The molecule has 2 aromatic rings. The van der Waals surface area contributed by atoms with Gasteiger partial charge in [0, 0.05) is 24.6 Å². The summed E-state index contributed by atoms with van der Waals surface area (Å²) in [4.78, 5) is 39.8. The molecule has 2 unspecified atom stereocenters. The molecule has 2 N–H and O–H groups in total. The Morgan fingerprint density at radius 1 is 0.980 bits per heavy atom. The summed E-state index contributed by atoms with van der Waals surface area (Å²) in [6.45, 7) is 16.9. The maximum Gasteiger partial charge on any atom is 0.308 e. The first-order valence-corrected chi connectivity index (χ1v) is 22.7. The van der Waals surface area contributed by atoms with Crippen LogP contribution < -0.4 is 14.9 Å². The monoisotopic (exact) mass is 743 g/mol. The summed E-state index contributed by atoms with van der Waals surface area (Å²) in [6, 6.07) is 15.1. The van der Waals surface area contributed by atoms with E-state index in [1.807, 2.05) is 13.0 Å². The van der Waals surface area contributed by atoms with Gasteiger partial charge < -0.3 is 19.8 Å². The minimum Gasteiger partial charge on any atom is -0.469 e. The number of nitrogens with zero attached hydrogens (tertiary/aromatic N) is 1. The van der Waals surface area contributed by atoms with Crippen LogP contribution in [-0.4, -0.2) is 66.9 Å². The van der Waals surface area contributed by atoms with Crippen molar-refractivity contribution in [2.24, 2.45) is 17.8 Å². The Hall–Kier alpha value is -3.22. The van der Waals surface area contributed by atoms with Gasteiger partial charge in [-0.1, -0.05) is 84.4 Å². The van der Waals surface area contributed by atoms with E-state index < -0.39 is 36.4 Å². The lowest BCUT2D eigenvalue weighted by Crippen LogP contribution is -2.53. The van der Waals surface area contributed by atoms with Crippen molar-refractivity contribution in [3.8, 4) is 0 Å². The van der Waals surface area contributed by atoms with Crippen molar-refractivity contribution in [1.29, 1.82) is 0 Å². The second-order valence-electron chi connectivity index (χ2n) is 16.1. The van der Waals surface area contributed by atoms with Crippen LogP contribution in [0.15, 0.2) is 54.6 Å². The van der Waals surface area contributed by atoms with Crippen molar-refractivity contribution < 1.29 is 32.0 Å². The third kappa shape index (κ3) is 12.2. The molecule has 0 heterocycles. The zero-order valence-electron chi connectivity index (χ0n) is 32.3. The zero-order valence-corrected chi connectivity index (χ0v) is 34.1. The molecule has 2 amide bonds. The third-order valence-corrected chi connectivity index (χ3v) is 16.7. The summed E-state index contributed by atoms with van der Waals surface area (Å²) < 4.78 is 39.8. The molecule has 0 aromatic heterocycles. The number of hydrogen-bond acceptors (Lipinski definition) is 7. The molecule has 51 heavy (non-hydrogen) atoms. The predicted octanol–water partition coefficient (Wildman–Crippen LogP) is 7.06. The minimum absolute atomic E-state index is 0.101. The highest BCUT2D eigenvalue weighted by Gasteiger charge is 2.42. The molecule has 0 aliphatic heterocycles. The molecule has 0 radical (unpaired) electrons. The highest BCUT2D eigenvalue weighted by molar-refractivity contribution is 7.92. The number of amides is 2. The van der Waals surface area contributed by atoms with E-state index in [4.69, 9.17) is 9.16 Å². The van der Waals surface area contributed by atoms with E-state index in [0.29, 0.717) is 36.1 Å². The largest absolute Gasteiger partial charge is 0.469 e. The number of anilines is 1. The van der Waals surface area contributed by atoms with E-state index in [0.717, 1.165) is 19.3 Å². The SMILES string of the molecule is COC(=O)C1CCCC(NC(=O)[C@H](C)C[C@H](O[Si](C)(C)C(C)(C)C)[C@H](CC(C)C)NC(=O)c2cccc(N(C)S(=O)(=O)Cc3ccccc3)c2)C1. The Morgan fingerprint density at radius 3 is 2.25 bits per heavy atom. The molecule has 10 nitrogen and oxygen atoms in total. The van der Waals surface area contributed by atoms with Crippen LogP contribution in [0.4, 0.5) is 5.69 Å². The van der Waals surface area contributed by atoms with Crippen molar-refractivity contribution in [2.75, 3.05) is 18.5 Å². The lowest BCUT2D eigenvalue weighted by atomic mass is 9.85. The van der Waals surface area contributed by atoms with Gasteiger partial charge >= 0.3 is 5.97 Å². The molecule has 1 fully saturated rings. The Balaban J connectivity index is 1.85. The van der Waals surface area contributed by atoms with Crippen LogP contribution in [-0.2, 0) is 34.5 Å². The molecule has 12 heteroatoms. The lowest BCUT2D eigenvalue weighted by Gasteiger charge is -2.42. The number of ether oxygens (including phenoxy) is 1. The van der Waals surface area contributed by atoms with Crippen molar-refractivity contribution in [3.05, 3.63) is 65.7 Å². The van der Waals surface area contributed by atoms with Gasteiger partial charge in [0.05, 0.1) is 36.6 Å². The lowest BCUT2D eigenvalue weighted by molar-refractivity contribution is -0.147. The Bertz CT molecular complexity index is 1580. The van der Waals surface area contributed by atoms with Crippen LogP contribution in [0.1, 0.15) is 96.0 Å². The number of nitrogens with one attached hydrogen (secondary N) is 2. The smallest absolute Gasteiger partial charge is 0.308 e. The standard InChI is InChI=1S/C39H61N3O7SSi/c1-27(2)22-34(41-37(44)30-18-15-21-33(25-30)42(7)50(46,47)26-29-16-12-11-13-17-29)35(49-51(9,10)39(4,5)6)23-28(3)36(43)40-32-20-14-19-31(24-32)38(45)48-8/h11-13,15-18,21,25,27-28,31-32,34-35H,14,19-20,22-24,26H2,1-10H3,(H,40,43)(H,41,44)/t28-,31?,32?,34+,35+/m1/s1. The number of esters is 1. The number of sulfonamides is 1. The first kappa shape index (κ1) is 42.2. The van der Waals surface area contributed by atoms with E-state index in [9.17, 15) is 22.8 Å². The van der Waals surface area contributed by atoms with Gasteiger partial charge in [-0.2, -0.15) is 0 Å². The molecule has 3 rings (SSSR count). The molecule has 1 aliphatic rings. The third-order valence-electron chi connectivity index (χ3n) is 10.4. The molecule has 5 atom stereocenters. The van der Waals surface area contributed by atoms with Crippen LogP contribution in [0.2, 0.25) is 18.1 Å². The summed E-state index contributed by atoms with van der Waals surface area (Å²) in [6.07, 6.45) is 3.53. The van der Waals surface area contributed by atoms with Gasteiger partial charge in [-0.25, -0.2) is 8.42 Å². The van der Waals surface area contributed by atoms with Crippen molar-refractivity contribution in [3.63, 3.8) is 0 Å². The number of carbonyl (C=O) groups is 3. The van der Waals surface area contributed by atoms with Gasteiger partial charge in [0.2, 0.25) is 15.9 Å². The Kier molecular flexibility index (Phi) is 14.9. The second-order valence-corrected chi connectivity index (χ2v) is 22.9. The second kappa shape index (κ2) is 18.0. The van der Waals surface area contributed by atoms with Crippen molar-refractivity contribution in [1.82, 2.24) is 10.6 Å². The molecule has 1 saturated carbocycles. The highest BCUT2D eigenvalue weighted by Crippen LogP contribution is 2.39. The van der Waals surface area contributed by atoms with E-state index in [1.54, 1.807) is 48.5 Å². The van der Waals surface area contributed by atoms with Gasteiger partial charge in [-0.05, 0) is 79.9 Å². The first-order chi connectivity index (χ1) is 23.7. The molecule has 0 saturated heterocycles. The minimum atomic E-state index is -3.71. The van der Waals surface area contributed by atoms with Crippen molar-refractivity contribution >= 4 is 41.8 Å². The van der Waals surface area contributed by atoms with Crippen molar-refractivity contribution in [2.45, 2.75) is 122 Å². The quantitative estimate of drug-likeness (QED) is 0.139. The zero-order chi connectivity index (χ0) is 38.1. The van der Waals surface area contributed by atoms with E-state index in [-0.39, 0.29) is 46.5 Å². The summed E-state index contributed by atoms with van der Waals surface area (Å²) in [5, 5.41) is 6.31. The summed E-state index contributed by atoms with van der Waals surface area (Å²) in [7, 11) is -3.19. The predicted molar refractivity (Wildman–Crippen MR) is 206 cm³/mol. The number of methoxy groups -OCH3 is 1. The average molecular weight is 744 g/mol. The molecule has 1 aliphatic carbocycles. The summed E-state index contributed by atoms with van der Waals surface area (Å²) in [5.41, 5.74) is 1.39. The first-order valence-electron chi connectivity index (χ1n) is 18.2. The van der Waals surface area contributed by atoms with Gasteiger partial charge in [0.15, 0.2) is 8.32 Å². The maximum atomic E-state index is 14.0. The van der Waals surface area contributed by atoms with Crippen LogP contribution in [0, 0.1) is 17.8 Å². The molecular formula is C39H61N3O7SSi. The molecule has 2 aromatic carbocycles. The Morgan fingerprint density at radius 2 is 1.65 bits per heavy atom. The Labute approximate surface area is 307 Å². The van der Waals surface area contributed by atoms with Crippen LogP contribution in [0.5, 0.6) is 0 Å². The van der Waals surface area contributed by atoms with Gasteiger partial charge in [0.1, 0.15) is 0 Å². The van der Waals surface area contributed by atoms with E-state index in [2.05, 4.69) is 58.3 Å². The fraction of sp³-hybridized carbons (Fsp3) is 0.615. The van der Waals surface area contributed by atoms with Crippen LogP contribution in [0.3, 0.4) is 0 Å². The average Bonchev–Trinajstić information content (AvgIpc) is 3.06. The number of rotatable bonds is 16. The molecular weight excluding hydrogens is 683 g/mol. The van der Waals surface area contributed by atoms with Gasteiger partial charge in [-0.3, -0.25) is 18.7 Å². The van der Waals surface area contributed by atoms with E-state index in [1.165, 1.54) is 18.5 Å². The maximum absolute atomic E-state index is 14.0. The molecule has 0 spiro atoms. The topological polar surface area (TPSA) is 131 Å².